The molecule has 0 spiro atoms. The molecule has 3 rings (SSSR count). The zero-order valence-electron chi connectivity index (χ0n) is 13.8. The van der Waals surface area contributed by atoms with Gasteiger partial charge in [-0.1, -0.05) is 0 Å². The Hall–Kier alpha value is -2.66. The Labute approximate surface area is 148 Å². The molecule has 1 fully saturated rings. The van der Waals surface area contributed by atoms with E-state index in [2.05, 4.69) is 26.9 Å². The normalized spacial score (nSPS) is 15.8. The van der Waals surface area contributed by atoms with Crippen molar-refractivity contribution in [3.63, 3.8) is 0 Å². The third-order valence-corrected chi connectivity index (χ3v) is 5.09. The highest BCUT2D eigenvalue weighted by atomic mass is 32.2. The number of anilines is 2. The van der Waals surface area contributed by atoms with E-state index in [4.69, 9.17) is 5.26 Å². The fourth-order valence-corrected chi connectivity index (χ4v) is 3.13. The van der Waals surface area contributed by atoms with Crippen LogP contribution in [0, 0.1) is 17.2 Å². The summed E-state index contributed by atoms with van der Waals surface area (Å²) in [5, 5.41) is 21.7. The summed E-state index contributed by atoms with van der Waals surface area (Å²) in [6, 6.07) is 9.14. The fourth-order valence-electron chi connectivity index (χ4n) is 2.61. The lowest BCUT2D eigenvalue weighted by molar-refractivity contribution is 0.0934. The Balaban J connectivity index is 1.70. The Morgan fingerprint density at radius 1 is 1.44 bits per heavy atom. The van der Waals surface area contributed by atoms with Crippen LogP contribution in [-0.2, 0) is 10.8 Å². The number of nitrogens with one attached hydrogen (secondary N) is 3. The molecule has 25 heavy (non-hydrogen) atoms. The average Bonchev–Trinajstić information content (AvgIpc) is 3.34. The van der Waals surface area contributed by atoms with Crippen molar-refractivity contribution < 1.29 is 9.00 Å². The van der Waals surface area contributed by atoms with Crippen LogP contribution in [0.4, 0.5) is 11.5 Å². The van der Waals surface area contributed by atoms with E-state index in [1.165, 1.54) is 6.20 Å². The molecule has 0 radical (unpaired) electrons. The van der Waals surface area contributed by atoms with Gasteiger partial charge in [0.05, 0.1) is 18.7 Å². The summed E-state index contributed by atoms with van der Waals surface area (Å²) in [6.07, 6.45) is 5.50. The number of hydrogen-bond acceptors (Lipinski definition) is 5. The van der Waals surface area contributed by atoms with Crippen LogP contribution >= 0.6 is 0 Å². The van der Waals surface area contributed by atoms with E-state index in [1.807, 2.05) is 0 Å². The van der Waals surface area contributed by atoms with Crippen molar-refractivity contribution in [1.29, 1.82) is 5.26 Å². The maximum atomic E-state index is 12.5. The van der Waals surface area contributed by atoms with E-state index in [-0.39, 0.29) is 11.9 Å². The predicted octanol–water partition coefficient (Wildman–Crippen LogP) is 2.31. The lowest BCUT2D eigenvalue weighted by atomic mass is 10.1. The largest absolute Gasteiger partial charge is 0.348 e. The molecule has 1 saturated carbocycles. The minimum atomic E-state index is -1.03. The van der Waals surface area contributed by atoms with Crippen molar-refractivity contribution in [1.82, 2.24) is 15.5 Å². The Morgan fingerprint density at radius 3 is 2.76 bits per heavy atom. The van der Waals surface area contributed by atoms with Gasteiger partial charge in [-0.15, -0.1) is 0 Å². The topological polar surface area (TPSA) is 111 Å². The molecule has 0 aliphatic heterocycles. The van der Waals surface area contributed by atoms with Gasteiger partial charge in [-0.2, -0.15) is 10.4 Å². The molecule has 1 aliphatic rings. The lowest BCUT2D eigenvalue weighted by Crippen LogP contribution is -2.36. The molecule has 0 bridgehead atoms. The maximum Gasteiger partial charge on any atom is 0.256 e. The Bertz CT molecular complexity index is 820. The summed E-state index contributed by atoms with van der Waals surface area (Å²) in [7, 11) is -1.03. The molecule has 7 nitrogen and oxygen atoms in total. The van der Waals surface area contributed by atoms with Crippen LogP contribution in [0.2, 0.25) is 0 Å². The van der Waals surface area contributed by atoms with Crippen LogP contribution in [0.15, 0.2) is 35.4 Å². The van der Waals surface area contributed by atoms with Crippen LogP contribution in [0.3, 0.4) is 0 Å². The standard InChI is InChI=1S/C17H19N5O2S/c1-25(24)13-6-4-12(5-7-13)20-16-14(10-19-22-16)17(23)21-15(8-9-18)11-2-3-11/h4-7,10-11,15H,2-3,8H2,1H3,(H,21,23)(H2,19,20,22). The minimum absolute atomic E-state index is 0.112. The zero-order valence-corrected chi connectivity index (χ0v) is 14.6. The molecular formula is C17H19N5O2S. The quantitative estimate of drug-likeness (QED) is 0.704. The molecule has 1 amide bonds. The monoisotopic (exact) mass is 357 g/mol. The molecule has 130 valence electrons. The summed E-state index contributed by atoms with van der Waals surface area (Å²) < 4.78 is 11.4. The number of aromatic nitrogens is 2. The number of nitriles is 1. The summed E-state index contributed by atoms with van der Waals surface area (Å²) in [6.45, 7) is 0. The summed E-state index contributed by atoms with van der Waals surface area (Å²) in [4.78, 5) is 13.3. The van der Waals surface area contributed by atoms with Gasteiger partial charge in [0.2, 0.25) is 0 Å². The second-order valence-electron chi connectivity index (χ2n) is 6.04. The van der Waals surface area contributed by atoms with Gasteiger partial charge < -0.3 is 10.6 Å². The first-order chi connectivity index (χ1) is 12.1. The number of H-pyrrole nitrogens is 1. The number of hydrogen-bond donors (Lipinski definition) is 3. The first-order valence-electron chi connectivity index (χ1n) is 8.00. The smallest absolute Gasteiger partial charge is 0.256 e. The van der Waals surface area contributed by atoms with Crippen LogP contribution < -0.4 is 10.6 Å². The van der Waals surface area contributed by atoms with Crippen LogP contribution in [0.5, 0.6) is 0 Å². The van der Waals surface area contributed by atoms with Gasteiger partial charge in [0.15, 0.2) is 0 Å². The lowest BCUT2D eigenvalue weighted by Gasteiger charge is -2.15. The van der Waals surface area contributed by atoms with Crippen molar-refractivity contribution >= 4 is 28.2 Å². The van der Waals surface area contributed by atoms with Crippen molar-refractivity contribution in [2.24, 2.45) is 5.92 Å². The molecular weight excluding hydrogens is 338 g/mol. The summed E-state index contributed by atoms with van der Waals surface area (Å²) >= 11 is 0. The van der Waals surface area contributed by atoms with Gasteiger partial charge in [0.25, 0.3) is 5.91 Å². The molecule has 3 N–H and O–H groups in total. The minimum Gasteiger partial charge on any atom is -0.348 e. The highest BCUT2D eigenvalue weighted by Crippen LogP contribution is 2.34. The van der Waals surface area contributed by atoms with Crippen molar-refractivity contribution in [3.05, 3.63) is 36.0 Å². The van der Waals surface area contributed by atoms with Gasteiger partial charge in [-0.05, 0) is 43.0 Å². The van der Waals surface area contributed by atoms with Crippen molar-refractivity contribution in [2.45, 2.75) is 30.2 Å². The second-order valence-corrected chi connectivity index (χ2v) is 7.42. The number of benzene rings is 1. The molecule has 2 atom stereocenters. The van der Waals surface area contributed by atoms with Gasteiger partial charge in [0.1, 0.15) is 11.4 Å². The number of amides is 1. The molecule has 2 unspecified atom stereocenters. The van der Waals surface area contributed by atoms with E-state index < -0.39 is 10.8 Å². The predicted molar refractivity (Wildman–Crippen MR) is 94.9 cm³/mol. The number of carbonyl (C=O) groups excluding carboxylic acids is 1. The Morgan fingerprint density at radius 2 is 2.16 bits per heavy atom. The van der Waals surface area contributed by atoms with Crippen molar-refractivity contribution in [3.8, 4) is 6.07 Å². The van der Waals surface area contributed by atoms with E-state index in [1.54, 1.807) is 30.5 Å². The fraction of sp³-hybridized carbons (Fsp3) is 0.353. The molecule has 1 aromatic carbocycles. The van der Waals surface area contributed by atoms with E-state index >= 15 is 0 Å². The molecule has 2 aromatic rings. The second kappa shape index (κ2) is 7.49. The third kappa shape index (κ3) is 4.25. The Kier molecular flexibility index (Phi) is 5.14. The highest BCUT2D eigenvalue weighted by molar-refractivity contribution is 7.84. The van der Waals surface area contributed by atoms with Gasteiger partial charge in [-0.3, -0.25) is 14.1 Å². The van der Waals surface area contributed by atoms with E-state index in [0.717, 1.165) is 23.4 Å². The number of nitrogens with zero attached hydrogens (tertiary/aromatic N) is 2. The van der Waals surface area contributed by atoms with E-state index in [9.17, 15) is 9.00 Å². The van der Waals surface area contributed by atoms with E-state index in [0.29, 0.717) is 23.7 Å². The maximum absolute atomic E-state index is 12.5. The SMILES string of the molecule is CS(=O)c1ccc(Nc2[nH]ncc2C(=O)NC(CC#N)C2CC2)cc1. The molecule has 8 heteroatoms. The molecule has 1 aliphatic carbocycles. The number of rotatable bonds is 7. The van der Waals surface area contributed by atoms with Crippen molar-refractivity contribution in [2.75, 3.05) is 11.6 Å². The average molecular weight is 357 g/mol. The molecule has 0 saturated heterocycles. The summed E-state index contributed by atoms with van der Waals surface area (Å²) in [5.74, 6) is 0.624. The zero-order chi connectivity index (χ0) is 17.8. The number of aromatic amines is 1. The summed E-state index contributed by atoms with van der Waals surface area (Å²) in [5.41, 5.74) is 1.15. The van der Waals surface area contributed by atoms with Crippen LogP contribution in [-0.4, -0.2) is 32.6 Å². The number of carbonyl (C=O) groups is 1. The highest BCUT2D eigenvalue weighted by Gasteiger charge is 2.32. The first-order valence-corrected chi connectivity index (χ1v) is 9.56. The van der Waals surface area contributed by atoms with Crippen LogP contribution in [0.25, 0.3) is 0 Å². The van der Waals surface area contributed by atoms with Gasteiger partial charge in [-0.25, -0.2) is 0 Å². The third-order valence-electron chi connectivity index (χ3n) is 4.16. The van der Waals surface area contributed by atoms with Crippen LogP contribution in [0.1, 0.15) is 29.6 Å². The molecule has 1 heterocycles. The molecule has 1 aromatic heterocycles. The first kappa shape index (κ1) is 17.2. The van der Waals surface area contributed by atoms with Gasteiger partial charge in [0, 0.05) is 33.7 Å². The van der Waals surface area contributed by atoms with Gasteiger partial charge >= 0.3 is 0 Å².